The normalized spacial score (nSPS) is 21.0. The maximum atomic E-state index is 3.91. The van der Waals surface area contributed by atoms with Crippen molar-refractivity contribution in [3.63, 3.8) is 0 Å². The molecule has 0 bridgehead atoms. The van der Waals surface area contributed by atoms with Crippen molar-refractivity contribution < 1.29 is 14.6 Å². The van der Waals surface area contributed by atoms with Crippen LogP contribution in [0.15, 0.2) is 21.2 Å². The van der Waals surface area contributed by atoms with Crippen molar-refractivity contribution in [2.24, 2.45) is 5.92 Å². The Morgan fingerprint density at radius 1 is 1.05 bits per heavy atom. The molecule has 4 heteroatoms. The Kier molecular flexibility index (Phi) is 6.66. The molecular weight excluding hydrogens is 310 g/mol. The largest absolute Gasteiger partial charge is 0.147 e. The van der Waals surface area contributed by atoms with Gasteiger partial charge in [0, 0.05) is 0 Å². The van der Waals surface area contributed by atoms with E-state index in [2.05, 4.69) is 66.5 Å². The van der Waals surface area contributed by atoms with Gasteiger partial charge in [0.05, 0.1) is 0 Å². The Morgan fingerprint density at radius 3 is 1.84 bits per heavy atom. The summed E-state index contributed by atoms with van der Waals surface area (Å²) in [5.74, 6) is 0.679. The summed E-state index contributed by atoms with van der Waals surface area (Å²) in [6.45, 7) is 19.8. The molecule has 0 radical (unpaired) electrons. The summed E-state index contributed by atoms with van der Waals surface area (Å²) >= 11 is 0.628. The van der Waals surface area contributed by atoms with Crippen LogP contribution < -0.4 is 4.98 Å². The molecule has 0 saturated heterocycles. The van der Waals surface area contributed by atoms with Gasteiger partial charge in [-0.25, -0.2) is 0 Å². The fraction of sp³-hybridized carbons (Fsp3) is 0.733. The molecule has 1 nitrogen and oxygen atoms in total. The molecule has 1 aliphatic rings. The van der Waals surface area contributed by atoms with E-state index in [0.717, 1.165) is 0 Å². The van der Waals surface area contributed by atoms with Crippen molar-refractivity contribution >= 4 is 19.2 Å². The second-order valence-electron chi connectivity index (χ2n) is 7.01. The van der Waals surface area contributed by atoms with Gasteiger partial charge in [0.2, 0.25) is 0 Å². The Hall–Kier alpha value is 0.479. The number of allylic oxidation sites excluding steroid dienone is 4. The smallest absolute Gasteiger partial charge is 0.147 e. The first-order valence-corrected chi connectivity index (χ1v) is 12.3. The average molecular weight is 340 g/mol. The maximum absolute atomic E-state index is 3.91. The summed E-state index contributed by atoms with van der Waals surface area (Å²) < 4.78 is 1.74. The van der Waals surface area contributed by atoms with E-state index in [4.69, 9.17) is 0 Å². The van der Waals surface area contributed by atoms with Crippen LogP contribution in [-0.2, 0) is 14.6 Å². The third kappa shape index (κ3) is 5.06. The number of rotatable bonds is 3. The van der Waals surface area contributed by atoms with Gasteiger partial charge in [0.25, 0.3) is 0 Å². The molecule has 1 unspecified atom stereocenters. The molecule has 0 aromatic carbocycles. The van der Waals surface area contributed by atoms with Gasteiger partial charge in [0.1, 0.15) is 0 Å². The van der Waals surface area contributed by atoms with Gasteiger partial charge in [-0.2, -0.15) is 0 Å². The molecule has 112 valence electrons. The van der Waals surface area contributed by atoms with E-state index in [1.807, 2.05) is 0 Å². The van der Waals surface area contributed by atoms with E-state index in [-0.39, 0.29) is 17.9 Å². The summed E-state index contributed by atoms with van der Waals surface area (Å²) in [7, 11) is 0. The molecule has 19 heavy (non-hydrogen) atoms. The standard InChI is InChI=1S/C9H13.C6H16NSi.ClH.Cr/c1-6-5-7(2)9(4)8(6)3;1-6(2,3)7-8(4)5;;/h6H,1-4H3;7H,1-5H3;1H;. The quantitative estimate of drug-likeness (QED) is 0.725. The minimum absolute atomic E-state index is 0. The number of hydrogen-bond acceptors (Lipinski definition) is 1. The van der Waals surface area contributed by atoms with Gasteiger partial charge in [-0.1, -0.05) is 0 Å². The molecule has 0 amide bonds. The first-order chi connectivity index (χ1) is 7.94. The minimum atomic E-state index is -1.32. The third-order valence-electron chi connectivity index (χ3n) is 3.61. The van der Waals surface area contributed by atoms with Gasteiger partial charge < -0.3 is 0 Å². The number of hydrogen-bond donors (Lipinski definition) is 1. The van der Waals surface area contributed by atoms with Gasteiger partial charge in [0.15, 0.2) is 0 Å². The molecule has 0 saturated carbocycles. The van der Waals surface area contributed by atoms with E-state index in [0.29, 0.717) is 20.5 Å². The van der Waals surface area contributed by atoms with Crippen molar-refractivity contribution in [3.05, 3.63) is 21.2 Å². The Bertz CT molecular complexity index is 405. The van der Waals surface area contributed by atoms with Crippen molar-refractivity contribution in [1.29, 1.82) is 0 Å². The molecule has 1 N–H and O–H groups in total. The molecule has 0 spiro atoms. The predicted molar refractivity (Wildman–Crippen MR) is 87.9 cm³/mol. The van der Waals surface area contributed by atoms with Crippen LogP contribution >= 0.6 is 12.4 Å². The van der Waals surface area contributed by atoms with Crippen LogP contribution in [0, 0.1) is 5.92 Å². The molecule has 0 aliphatic heterocycles. The monoisotopic (exact) mass is 339 g/mol. The van der Waals surface area contributed by atoms with E-state index in [1.165, 1.54) is 0 Å². The summed E-state index contributed by atoms with van der Waals surface area (Å²) in [5, 5.41) is 0. The summed E-state index contributed by atoms with van der Waals surface area (Å²) in [5.41, 5.74) is 4.95. The SMILES string of the molecule is CC1=C(C)C(C)[C]([Cr][Si](C)(C)NC(C)(C)C)=C1C.Cl. The van der Waals surface area contributed by atoms with Gasteiger partial charge >= 0.3 is 121 Å². The van der Waals surface area contributed by atoms with Crippen molar-refractivity contribution in [1.82, 2.24) is 4.98 Å². The second kappa shape index (κ2) is 6.50. The molecular formula is C15H30ClCrNSi. The van der Waals surface area contributed by atoms with Crippen molar-refractivity contribution in [2.45, 2.75) is 67.1 Å². The Labute approximate surface area is 133 Å². The van der Waals surface area contributed by atoms with E-state index < -0.39 is 6.80 Å². The fourth-order valence-electron chi connectivity index (χ4n) is 2.70. The minimum Gasteiger partial charge on any atom is -0.147 e. The van der Waals surface area contributed by atoms with E-state index >= 15 is 0 Å². The number of nitrogens with one attached hydrogen (secondary N) is 1. The van der Waals surface area contributed by atoms with Gasteiger partial charge in [-0.3, -0.25) is 0 Å². The topological polar surface area (TPSA) is 12.0 Å². The van der Waals surface area contributed by atoms with Crippen molar-refractivity contribution in [2.75, 3.05) is 0 Å². The molecule has 1 aliphatic carbocycles. The average Bonchev–Trinajstić information content (AvgIpc) is 2.32. The van der Waals surface area contributed by atoms with E-state index in [9.17, 15) is 0 Å². The molecule has 1 atom stereocenters. The molecule has 1 rings (SSSR count). The predicted octanol–water partition coefficient (Wildman–Crippen LogP) is 4.84. The zero-order valence-corrected chi connectivity index (χ0v) is 17.0. The first kappa shape index (κ1) is 19.5. The zero-order chi connectivity index (χ0) is 14.3. The summed E-state index contributed by atoms with van der Waals surface area (Å²) in [4.78, 5) is 3.91. The van der Waals surface area contributed by atoms with Crippen LogP contribution in [0.2, 0.25) is 13.1 Å². The maximum Gasteiger partial charge on any atom is -0.147 e. The van der Waals surface area contributed by atoms with Crippen LogP contribution in [0.1, 0.15) is 48.5 Å². The molecule has 0 heterocycles. The molecule has 0 aromatic heterocycles. The van der Waals surface area contributed by atoms with Crippen LogP contribution in [0.3, 0.4) is 0 Å². The van der Waals surface area contributed by atoms with Crippen LogP contribution in [0.4, 0.5) is 0 Å². The van der Waals surface area contributed by atoms with Crippen molar-refractivity contribution in [3.8, 4) is 0 Å². The van der Waals surface area contributed by atoms with Crippen LogP contribution in [0.25, 0.3) is 0 Å². The zero-order valence-electron chi connectivity index (χ0n) is 13.9. The fourth-order valence-corrected chi connectivity index (χ4v) is 11.7. The van der Waals surface area contributed by atoms with Crippen LogP contribution in [-0.4, -0.2) is 12.3 Å². The summed E-state index contributed by atoms with van der Waals surface area (Å²) in [6.07, 6.45) is 0. The van der Waals surface area contributed by atoms with Crippen LogP contribution in [0.5, 0.6) is 0 Å². The van der Waals surface area contributed by atoms with Gasteiger partial charge in [-0.05, 0) is 0 Å². The Morgan fingerprint density at radius 2 is 1.53 bits per heavy atom. The Balaban J connectivity index is 0.00000324. The van der Waals surface area contributed by atoms with Gasteiger partial charge in [-0.15, -0.1) is 12.4 Å². The molecule has 0 aromatic rings. The first-order valence-electron chi connectivity index (χ1n) is 6.81. The third-order valence-corrected chi connectivity index (χ3v) is 10.6. The second-order valence-corrected chi connectivity index (χ2v) is 16.9. The molecule has 0 fully saturated rings. The number of halogens is 1. The van der Waals surface area contributed by atoms with E-state index in [1.54, 1.807) is 21.2 Å². The summed E-state index contributed by atoms with van der Waals surface area (Å²) in [6, 6.07) is 0.